The van der Waals surface area contributed by atoms with Crippen molar-refractivity contribution in [1.29, 1.82) is 0 Å². The minimum absolute atomic E-state index is 0.0409. The highest BCUT2D eigenvalue weighted by Gasteiger charge is 2.39. The van der Waals surface area contributed by atoms with Crippen LogP contribution in [0.3, 0.4) is 0 Å². The van der Waals surface area contributed by atoms with Crippen LogP contribution in [0.15, 0.2) is 188 Å². The maximum atomic E-state index is 2.43. The molecule has 0 unspecified atom stereocenters. The molecule has 0 radical (unpaired) electrons. The topological polar surface area (TPSA) is 3.24 Å². The van der Waals surface area contributed by atoms with Crippen molar-refractivity contribution in [1.82, 2.24) is 0 Å². The molecule has 278 valence electrons. The summed E-state index contributed by atoms with van der Waals surface area (Å²) in [4.78, 5) is 3.83. The summed E-state index contributed by atoms with van der Waals surface area (Å²) >= 11 is 1.93. The van der Waals surface area contributed by atoms with Gasteiger partial charge in [-0.2, -0.15) is 0 Å². The Balaban J connectivity index is 0.919. The number of hydrogen-bond acceptors (Lipinski definition) is 2. The molecule has 9 aromatic rings. The molecule has 1 nitrogen and oxygen atoms in total. The van der Waals surface area contributed by atoms with Crippen LogP contribution in [0.5, 0.6) is 0 Å². The molecule has 1 aromatic heterocycles. The summed E-state index contributed by atoms with van der Waals surface area (Å²) in [5, 5.41) is 1.40. The molecule has 11 rings (SSSR count). The van der Waals surface area contributed by atoms with Gasteiger partial charge >= 0.3 is 0 Å². The average Bonchev–Trinajstić information content (AvgIpc) is 3.85. The Hall–Kier alpha value is -6.48. The van der Waals surface area contributed by atoms with E-state index in [2.05, 4.69) is 221 Å². The molecule has 1 heterocycles. The lowest BCUT2D eigenvalue weighted by Gasteiger charge is -2.28. The van der Waals surface area contributed by atoms with Crippen molar-refractivity contribution in [2.75, 3.05) is 4.90 Å². The second-order valence-electron chi connectivity index (χ2n) is 17.0. The van der Waals surface area contributed by atoms with Gasteiger partial charge in [0.25, 0.3) is 0 Å². The van der Waals surface area contributed by atoms with Gasteiger partial charge in [-0.3, -0.25) is 0 Å². The lowest BCUT2D eigenvalue weighted by atomic mass is 9.80. The van der Waals surface area contributed by atoms with Gasteiger partial charge in [0.05, 0.1) is 0 Å². The molecular formula is C56H43NS. The Morgan fingerprint density at radius 2 is 0.845 bits per heavy atom. The maximum Gasteiger partial charge on any atom is 0.0465 e. The molecule has 0 amide bonds. The summed E-state index contributed by atoms with van der Waals surface area (Å²) < 4.78 is 1.38. The van der Waals surface area contributed by atoms with Gasteiger partial charge in [-0.15, -0.1) is 11.3 Å². The zero-order valence-electron chi connectivity index (χ0n) is 33.3. The molecule has 0 saturated carbocycles. The van der Waals surface area contributed by atoms with Crippen LogP contribution >= 0.6 is 11.3 Å². The molecule has 58 heavy (non-hydrogen) atoms. The molecule has 0 N–H and O–H groups in total. The highest BCUT2D eigenvalue weighted by molar-refractivity contribution is 7.22. The van der Waals surface area contributed by atoms with E-state index >= 15 is 0 Å². The molecule has 2 heteroatoms. The quantitative estimate of drug-likeness (QED) is 0.163. The predicted molar refractivity (Wildman–Crippen MR) is 248 cm³/mol. The largest absolute Gasteiger partial charge is 0.310 e. The van der Waals surface area contributed by atoms with E-state index in [-0.39, 0.29) is 10.8 Å². The van der Waals surface area contributed by atoms with Gasteiger partial charge in [0.2, 0.25) is 0 Å². The van der Waals surface area contributed by atoms with Gasteiger partial charge in [-0.1, -0.05) is 167 Å². The zero-order chi connectivity index (χ0) is 39.2. The van der Waals surface area contributed by atoms with E-state index in [0.717, 1.165) is 17.1 Å². The smallest absolute Gasteiger partial charge is 0.0465 e. The van der Waals surface area contributed by atoms with Gasteiger partial charge in [0, 0.05) is 37.5 Å². The Labute approximate surface area is 345 Å². The first kappa shape index (κ1) is 34.7. The van der Waals surface area contributed by atoms with Crippen molar-refractivity contribution >= 4 is 38.5 Å². The third-order valence-electron chi connectivity index (χ3n) is 12.9. The summed E-state index contributed by atoms with van der Waals surface area (Å²) in [6, 6.07) is 69.6. The third-order valence-corrected chi connectivity index (χ3v) is 14.1. The van der Waals surface area contributed by atoms with E-state index < -0.39 is 0 Å². The first-order chi connectivity index (χ1) is 28.3. The number of anilines is 3. The van der Waals surface area contributed by atoms with E-state index in [9.17, 15) is 0 Å². The minimum atomic E-state index is -0.0843. The van der Waals surface area contributed by atoms with Crippen LogP contribution in [0, 0.1) is 0 Å². The number of hydrogen-bond donors (Lipinski definition) is 0. The standard InChI is InChI=1S/C56H43NS/c1-55(2)49-16-10-8-14-45(49)46-33-31-44(35-51(46)55)57(42-27-22-38(23-28-42)36-12-6-5-7-13-36)43-29-24-39(25-30-43)37-18-20-40(21-19-37)41-26-32-47-50(34-41)56(3,4)53-48-15-9-11-17-52(48)58-54(47)53/h5-35H,1-4H3. The summed E-state index contributed by atoms with van der Waals surface area (Å²) in [5.74, 6) is 0. The van der Waals surface area contributed by atoms with Gasteiger partial charge in [0.1, 0.15) is 0 Å². The normalized spacial score (nSPS) is 14.1. The van der Waals surface area contributed by atoms with Crippen molar-refractivity contribution < 1.29 is 0 Å². The highest BCUT2D eigenvalue weighted by Crippen LogP contribution is 2.56. The SMILES string of the molecule is CC1(C)c2ccccc2-c2ccc(N(c3ccc(-c4ccccc4)cc3)c3ccc(-c4ccc(-c5ccc6c(c5)C(C)(C)c5c-6sc6ccccc56)cc4)cc3)cc21. The Kier molecular flexibility index (Phi) is 7.80. The van der Waals surface area contributed by atoms with Crippen molar-refractivity contribution in [3.8, 4) is 54.9 Å². The Morgan fingerprint density at radius 3 is 1.53 bits per heavy atom. The summed E-state index contributed by atoms with van der Waals surface area (Å²) in [5.41, 5.74) is 20.4. The molecule has 2 aliphatic carbocycles. The van der Waals surface area contributed by atoms with Crippen LogP contribution in [0.1, 0.15) is 49.9 Å². The van der Waals surface area contributed by atoms with Crippen molar-refractivity contribution in [2.24, 2.45) is 0 Å². The maximum absolute atomic E-state index is 2.43. The predicted octanol–water partition coefficient (Wildman–Crippen LogP) is 16.0. The van der Waals surface area contributed by atoms with E-state index in [1.807, 2.05) is 11.3 Å². The molecule has 2 aliphatic rings. The van der Waals surface area contributed by atoms with Gasteiger partial charge in [0.15, 0.2) is 0 Å². The van der Waals surface area contributed by atoms with E-state index in [1.54, 1.807) is 0 Å². The second kappa shape index (κ2) is 13.0. The molecular weight excluding hydrogens is 719 g/mol. The van der Waals surface area contributed by atoms with Crippen LogP contribution in [0.4, 0.5) is 17.1 Å². The van der Waals surface area contributed by atoms with Gasteiger partial charge in [-0.25, -0.2) is 0 Å². The third kappa shape index (κ3) is 5.36. The van der Waals surface area contributed by atoms with E-state index in [4.69, 9.17) is 0 Å². The number of thiophene rings is 1. The van der Waals surface area contributed by atoms with Crippen LogP contribution in [-0.2, 0) is 10.8 Å². The first-order valence-electron chi connectivity index (χ1n) is 20.3. The van der Waals surface area contributed by atoms with E-state index in [0.29, 0.717) is 0 Å². The molecule has 0 aliphatic heterocycles. The van der Waals surface area contributed by atoms with Crippen molar-refractivity contribution in [3.63, 3.8) is 0 Å². The summed E-state index contributed by atoms with van der Waals surface area (Å²) in [7, 11) is 0. The summed E-state index contributed by atoms with van der Waals surface area (Å²) in [6.45, 7) is 9.48. The molecule has 0 fully saturated rings. The molecule has 0 spiro atoms. The monoisotopic (exact) mass is 761 g/mol. The van der Waals surface area contributed by atoms with Crippen LogP contribution in [-0.4, -0.2) is 0 Å². The van der Waals surface area contributed by atoms with Gasteiger partial charge < -0.3 is 4.90 Å². The molecule has 0 bridgehead atoms. The van der Waals surface area contributed by atoms with E-state index in [1.165, 1.54) is 87.3 Å². The number of rotatable bonds is 6. The minimum Gasteiger partial charge on any atom is -0.310 e. The first-order valence-corrected chi connectivity index (χ1v) is 21.2. The number of fused-ring (bicyclic) bond motifs is 8. The molecule has 0 atom stereocenters. The fourth-order valence-corrected chi connectivity index (χ4v) is 11.2. The fraction of sp³-hybridized carbons (Fsp3) is 0.107. The average molecular weight is 762 g/mol. The highest BCUT2D eigenvalue weighted by atomic mass is 32.1. The lowest BCUT2D eigenvalue weighted by molar-refractivity contribution is 0.660. The number of nitrogens with zero attached hydrogens (tertiary/aromatic N) is 1. The second-order valence-corrected chi connectivity index (χ2v) is 18.0. The van der Waals surface area contributed by atoms with Gasteiger partial charge in [-0.05, 0) is 126 Å². The number of benzene rings is 8. The van der Waals surface area contributed by atoms with Crippen LogP contribution < -0.4 is 4.90 Å². The summed E-state index contributed by atoms with van der Waals surface area (Å²) in [6.07, 6.45) is 0. The Bertz CT molecular complexity index is 3020. The molecule has 0 saturated heterocycles. The fourth-order valence-electron chi connectivity index (χ4n) is 9.80. The zero-order valence-corrected chi connectivity index (χ0v) is 34.1. The van der Waals surface area contributed by atoms with Crippen molar-refractivity contribution in [2.45, 2.75) is 38.5 Å². The van der Waals surface area contributed by atoms with Crippen molar-refractivity contribution in [3.05, 3.63) is 210 Å². The van der Waals surface area contributed by atoms with Crippen LogP contribution in [0.2, 0.25) is 0 Å². The molecule has 8 aromatic carbocycles. The Morgan fingerprint density at radius 1 is 0.362 bits per heavy atom. The lowest BCUT2D eigenvalue weighted by Crippen LogP contribution is -2.16. The van der Waals surface area contributed by atoms with Crippen LogP contribution in [0.25, 0.3) is 65.0 Å².